The van der Waals surface area contributed by atoms with Crippen LogP contribution in [0.2, 0.25) is 90.7 Å². The van der Waals surface area contributed by atoms with Crippen LogP contribution in [0.25, 0.3) is 0 Å². The molecule has 0 N–H and O–H groups in total. The number of hydrogen-bond donors (Lipinski definition) is 0. The van der Waals surface area contributed by atoms with E-state index in [4.69, 9.17) is 17.7 Å². The standard InChI is InChI=1S/C22H56O4Si6/c1-29(2,3)23-21(24-30(4,5)6)27-19-17-15-13-14-16-18-20-28-22(25-31(7,8)9)26-32(10,11)12/h15,17,21-22H,13-14,16,18-20,27-28H2,1-12H3. The summed E-state index contributed by atoms with van der Waals surface area (Å²) in [6.45, 7) is 27.2. The highest BCUT2D eigenvalue weighted by atomic mass is 28.4. The van der Waals surface area contributed by atoms with Gasteiger partial charge >= 0.3 is 0 Å². The molecule has 0 atom stereocenters. The fourth-order valence-electron chi connectivity index (χ4n) is 3.26. The lowest BCUT2D eigenvalue weighted by Gasteiger charge is -2.31. The molecule has 0 aromatic carbocycles. The van der Waals surface area contributed by atoms with Crippen molar-refractivity contribution in [3.05, 3.63) is 12.2 Å². The molecular formula is C22H56O4Si6. The minimum atomic E-state index is -1.55. The summed E-state index contributed by atoms with van der Waals surface area (Å²) >= 11 is 0. The van der Waals surface area contributed by atoms with Crippen LogP contribution >= 0.6 is 0 Å². The Labute approximate surface area is 209 Å². The van der Waals surface area contributed by atoms with Gasteiger partial charge in [-0.1, -0.05) is 31.0 Å². The van der Waals surface area contributed by atoms with Crippen LogP contribution in [0.3, 0.4) is 0 Å². The predicted octanol–water partition coefficient (Wildman–Crippen LogP) is 6.25. The van der Waals surface area contributed by atoms with Gasteiger partial charge in [-0.15, -0.1) is 0 Å². The Balaban J connectivity index is 4.13. The first-order chi connectivity index (χ1) is 14.4. The fourth-order valence-corrected chi connectivity index (χ4v) is 16.4. The zero-order chi connectivity index (χ0) is 25.1. The third kappa shape index (κ3) is 24.0. The molecular weight excluding hydrogens is 497 g/mol. The largest absolute Gasteiger partial charge is 0.398 e. The van der Waals surface area contributed by atoms with Crippen LogP contribution in [-0.4, -0.2) is 64.1 Å². The van der Waals surface area contributed by atoms with Gasteiger partial charge in [-0.3, -0.25) is 0 Å². The van der Waals surface area contributed by atoms with Crippen molar-refractivity contribution in [1.82, 2.24) is 0 Å². The van der Waals surface area contributed by atoms with Crippen molar-refractivity contribution < 1.29 is 17.7 Å². The van der Waals surface area contributed by atoms with Crippen LogP contribution in [0.4, 0.5) is 0 Å². The summed E-state index contributed by atoms with van der Waals surface area (Å²) in [6, 6.07) is 2.51. The molecule has 0 radical (unpaired) electrons. The van der Waals surface area contributed by atoms with Gasteiger partial charge in [-0.25, -0.2) is 0 Å². The molecule has 0 aliphatic heterocycles. The molecule has 32 heavy (non-hydrogen) atoms. The van der Waals surface area contributed by atoms with Gasteiger partial charge in [-0.2, -0.15) is 0 Å². The minimum absolute atomic E-state index is 0.104. The summed E-state index contributed by atoms with van der Waals surface area (Å²) in [6.07, 6.45) is 9.91. The summed E-state index contributed by atoms with van der Waals surface area (Å²) in [7, 11) is -6.90. The predicted molar refractivity (Wildman–Crippen MR) is 160 cm³/mol. The van der Waals surface area contributed by atoms with Crippen LogP contribution in [0.1, 0.15) is 25.7 Å². The highest BCUT2D eigenvalue weighted by molar-refractivity contribution is 6.72. The third-order valence-electron chi connectivity index (χ3n) is 4.24. The quantitative estimate of drug-likeness (QED) is 0.0871. The zero-order valence-corrected chi connectivity index (χ0v) is 30.4. The van der Waals surface area contributed by atoms with Crippen molar-refractivity contribution in [2.75, 3.05) is 0 Å². The summed E-state index contributed by atoms with van der Waals surface area (Å²) in [5, 5.41) is 0. The van der Waals surface area contributed by atoms with Crippen LogP contribution in [-0.2, 0) is 17.7 Å². The lowest BCUT2D eigenvalue weighted by atomic mass is 10.2. The molecule has 0 bridgehead atoms. The number of allylic oxidation sites excluding steroid dienone is 2. The molecule has 0 spiro atoms. The molecule has 0 aromatic rings. The van der Waals surface area contributed by atoms with Crippen molar-refractivity contribution in [2.45, 2.75) is 128 Å². The molecule has 0 heterocycles. The van der Waals surface area contributed by atoms with Gasteiger partial charge in [-0.05, 0) is 97.4 Å². The fraction of sp³-hybridized carbons (Fsp3) is 0.909. The maximum Gasteiger partial charge on any atom is 0.186 e. The molecule has 4 nitrogen and oxygen atoms in total. The smallest absolute Gasteiger partial charge is 0.186 e. The molecule has 192 valence electrons. The highest BCUT2D eigenvalue weighted by Gasteiger charge is 2.27. The molecule has 0 saturated heterocycles. The normalized spacial score (nSPS) is 15.1. The first kappa shape index (κ1) is 32.9. The lowest BCUT2D eigenvalue weighted by Crippen LogP contribution is -2.42. The van der Waals surface area contributed by atoms with E-state index in [0.29, 0.717) is 0 Å². The average Bonchev–Trinajstić information content (AvgIpc) is 2.50. The van der Waals surface area contributed by atoms with Crippen molar-refractivity contribution >= 4 is 52.3 Å². The van der Waals surface area contributed by atoms with Gasteiger partial charge in [0.2, 0.25) is 0 Å². The Bertz CT molecular complexity index is 486. The Morgan fingerprint density at radius 1 is 0.531 bits per heavy atom. The van der Waals surface area contributed by atoms with Gasteiger partial charge in [0.1, 0.15) is 11.8 Å². The highest BCUT2D eigenvalue weighted by Crippen LogP contribution is 2.16. The second kappa shape index (κ2) is 15.1. The first-order valence-corrected chi connectivity index (χ1v) is 30.0. The third-order valence-corrected chi connectivity index (χ3v) is 12.6. The summed E-state index contributed by atoms with van der Waals surface area (Å²) in [4.78, 5) is 0. The Morgan fingerprint density at radius 2 is 0.938 bits per heavy atom. The van der Waals surface area contributed by atoms with Gasteiger partial charge in [0, 0.05) is 0 Å². The molecule has 0 rings (SSSR count). The molecule has 0 aromatic heterocycles. The van der Waals surface area contributed by atoms with E-state index >= 15 is 0 Å². The minimum Gasteiger partial charge on any atom is -0.398 e. The van der Waals surface area contributed by atoms with Crippen molar-refractivity contribution in [1.29, 1.82) is 0 Å². The van der Waals surface area contributed by atoms with E-state index in [0.717, 1.165) is 0 Å². The second-order valence-electron chi connectivity index (χ2n) is 12.8. The van der Waals surface area contributed by atoms with Crippen molar-refractivity contribution in [3.8, 4) is 0 Å². The molecule has 0 amide bonds. The van der Waals surface area contributed by atoms with Gasteiger partial charge in [0.05, 0.1) is 19.0 Å². The maximum absolute atomic E-state index is 6.36. The van der Waals surface area contributed by atoms with Gasteiger partial charge in [0.25, 0.3) is 0 Å². The Morgan fingerprint density at radius 3 is 1.34 bits per heavy atom. The van der Waals surface area contributed by atoms with Crippen LogP contribution in [0, 0.1) is 0 Å². The lowest BCUT2D eigenvalue weighted by molar-refractivity contribution is 0.0599. The monoisotopic (exact) mass is 552 g/mol. The second-order valence-corrected chi connectivity index (χ2v) is 34.4. The number of rotatable bonds is 18. The van der Waals surface area contributed by atoms with Crippen LogP contribution in [0.5, 0.6) is 0 Å². The zero-order valence-electron chi connectivity index (χ0n) is 23.6. The Kier molecular flexibility index (Phi) is 15.5. The van der Waals surface area contributed by atoms with Gasteiger partial charge < -0.3 is 17.7 Å². The van der Waals surface area contributed by atoms with Crippen LogP contribution < -0.4 is 0 Å². The number of hydrogen-bond acceptors (Lipinski definition) is 4. The first-order valence-electron chi connectivity index (χ1n) is 12.7. The van der Waals surface area contributed by atoms with Crippen molar-refractivity contribution in [2.24, 2.45) is 0 Å². The maximum atomic E-state index is 6.36. The SMILES string of the molecule is C[Si](C)(C)OC(O[Si](C)(C)C)[SiH2]CC=CCCCCC[SiH2]C(O[Si](C)(C)C)O[Si](C)(C)C. The van der Waals surface area contributed by atoms with E-state index in [1.165, 1.54) is 37.8 Å². The average molecular weight is 553 g/mol. The number of unbranched alkanes of at least 4 members (excludes halogenated alkanes) is 3. The summed E-state index contributed by atoms with van der Waals surface area (Å²) < 4.78 is 25.4. The molecule has 0 unspecified atom stereocenters. The summed E-state index contributed by atoms with van der Waals surface area (Å²) in [5.74, 6) is 0.246. The van der Waals surface area contributed by atoms with E-state index in [-0.39, 0.29) is 21.3 Å². The molecule has 0 aliphatic rings. The van der Waals surface area contributed by atoms with Crippen LogP contribution in [0.15, 0.2) is 12.2 Å². The molecule has 0 aliphatic carbocycles. The Hall–Kier alpha value is 0.881. The van der Waals surface area contributed by atoms with E-state index in [9.17, 15) is 0 Å². The molecule has 0 fully saturated rings. The van der Waals surface area contributed by atoms with E-state index in [2.05, 4.69) is 90.7 Å². The molecule has 10 heteroatoms. The van der Waals surface area contributed by atoms with Gasteiger partial charge in [0.15, 0.2) is 33.3 Å². The topological polar surface area (TPSA) is 36.9 Å². The van der Waals surface area contributed by atoms with E-state index in [1.807, 2.05) is 0 Å². The van der Waals surface area contributed by atoms with Crippen molar-refractivity contribution in [3.63, 3.8) is 0 Å². The van der Waals surface area contributed by atoms with E-state index in [1.54, 1.807) is 0 Å². The molecule has 0 saturated carbocycles. The summed E-state index contributed by atoms with van der Waals surface area (Å²) in [5.41, 5.74) is 0. The van der Waals surface area contributed by atoms with E-state index < -0.39 is 42.8 Å².